The molecule has 2 amide bonds. The van der Waals surface area contributed by atoms with Crippen LogP contribution in [0.5, 0.6) is 0 Å². The van der Waals surface area contributed by atoms with Crippen molar-refractivity contribution >= 4 is 17.6 Å². The minimum atomic E-state index is -0.139. The third kappa shape index (κ3) is 5.82. The van der Waals surface area contributed by atoms with Gasteiger partial charge in [0.25, 0.3) is 0 Å². The van der Waals surface area contributed by atoms with Crippen LogP contribution in [0.2, 0.25) is 0 Å². The van der Waals surface area contributed by atoms with Gasteiger partial charge in [0.05, 0.1) is 11.7 Å². The molecule has 0 bridgehead atoms. The summed E-state index contributed by atoms with van der Waals surface area (Å²) in [6.07, 6.45) is 3.79. The second-order valence-electron chi connectivity index (χ2n) is 10.0. The minimum Gasteiger partial charge on any atom is -0.353 e. The Bertz CT molecular complexity index is 1180. The van der Waals surface area contributed by atoms with E-state index in [0.717, 1.165) is 54.9 Å². The van der Waals surface area contributed by atoms with Crippen LogP contribution in [0, 0.1) is 5.92 Å². The minimum absolute atomic E-state index is 0.0165. The first-order chi connectivity index (χ1) is 18.1. The second-order valence-corrected chi connectivity index (χ2v) is 10.0. The van der Waals surface area contributed by atoms with E-state index in [2.05, 4.69) is 15.1 Å². The van der Waals surface area contributed by atoms with Crippen LogP contribution in [0.1, 0.15) is 44.2 Å². The second kappa shape index (κ2) is 11.5. The average Bonchev–Trinajstić information content (AvgIpc) is 3.18. The van der Waals surface area contributed by atoms with Gasteiger partial charge in [0.1, 0.15) is 6.54 Å². The topological polar surface area (TPSA) is 69.6 Å². The first kappa shape index (κ1) is 24.9. The van der Waals surface area contributed by atoms with E-state index in [1.807, 2.05) is 84.6 Å². The zero-order valence-corrected chi connectivity index (χ0v) is 21.5. The Morgan fingerprint density at radius 2 is 1.59 bits per heavy atom. The molecule has 0 spiro atoms. The van der Waals surface area contributed by atoms with Crippen LogP contribution in [-0.2, 0) is 9.59 Å². The smallest absolute Gasteiger partial charge is 0.242 e. The molecule has 5 rings (SSSR count). The molecule has 192 valence electrons. The Morgan fingerprint density at radius 3 is 2.24 bits per heavy atom. The standard InChI is InChI=1S/C30H35N5O2/c1-23(24-10-4-2-5-11-24)35(30(37)26-14-8-15-26)22-29(36)34-19-9-18-33(20-21-34)28-17-16-27(31-32-28)25-12-6-3-7-13-25/h2-7,10-13,16-17,23,26H,8-9,14-15,18-22H2,1H3/t23-/m1/s1. The Kier molecular flexibility index (Phi) is 7.78. The maximum Gasteiger partial charge on any atom is 0.242 e. The van der Waals surface area contributed by atoms with Crippen molar-refractivity contribution in [3.8, 4) is 11.3 Å². The third-order valence-corrected chi connectivity index (χ3v) is 7.69. The van der Waals surface area contributed by atoms with E-state index in [9.17, 15) is 9.59 Å². The summed E-state index contributed by atoms with van der Waals surface area (Å²) in [7, 11) is 0. The molecule has 7 nitrogen and oxygen atoms in total. The lowest BCUT2D eigenvalue weighted by atomic mass is 9.84. The van der Waals surface area contributed by atoms with Crippen molar-refractivity contribution in [1.82, 2.24) is 20.0 Å². The molecule has 1 aliphatic carbocycles. The lowest BCUT2D eigenvalue weighted by Crippen LogP contribution is -2.47. The van der Waals surface area contributed by atoms with Gasteiger partial charge in [0.15, 0.2) is 5.82 Å². The quantitative estimate of drug-likeness (QED) is 0.478. The Labute approximate surface area is 219 Å². The van der Waals surface area contributed by atoms with Gasteiger partial charge in [-0.25, -0.2) is 0 Å². The fourth-order valence-corrected chi connectivity index (χ4v) is 5.11. The SMILES string of the molecule is C[C@H](c1ccccc1)N(CC(=O)N1CCCN(c2ccc(-c3ccccc3)nn2)CC1)C(=O)C1CCC1. The van der Waals surface area contributed by atoms with E-state index in [-0.39, 0.29) is 30.3 Å². The Morgan fingerprint density at radius 1 is 0.865 bits per heavy atom. The molecule has 2 aromatic carbocycles. The van der Waals surface area contributed by atoms with Gasteiger partial charge in [-0.1, -0.05) is 67.1 Å². The van der Waals surface area contributed by atoms with Crippen LogP contribution < -0.4 is 4.90 Å². The van der Waals surface area contributed by atoms with Gasteiger partial charge in [0.2, 0.25) is 11.8 Å². The molecule has 1 saturated carbocycles. The molecule has 1 saturated heterocycles. The van der Waals surface area contributed by atoms with Crippen LogP contribution >= 0.6 is 0 Å². The molecule has 2 fully saturated rings. The maximum absolute atomic E-state index is 13.5. The first-order valence-corrected chi connectivity index (χ1v) is 13.4. The summed E-state index contributed by atoms with van der Waals surface area (Å²) in [5.74, 6) is 1.01. The number of benzene rings is 2. The van der Waals surface area contributed by atoms with Crippen LogP contribution in [0.3, 0.4) is 0 Å². The monoisotopic (exact) mass is 497 g/mol. The molecule has 37 heavy (non-hydrogen) atoms. The van der Waals surface area contributed by atoms with Crippen LogP contribution in [0.15, 0.2) is 72.8 Å². The van der Waals surface area contributed by atoms with E-state index in [1.165, 1.54) is 0 Å². The summed E-state index contributed by atoms with van der Waals surface area (Å²) in [5, 5.41) is 8.90. The van der Waals surface area contributed by atoms with E-state index >= 15 is 0 Å². The van der Waals surface area contributed by atoms with E-state index in [0.29, 0.717) is 19.6 Å². The van der Waals surface area contributed by atoms with Crippen LogP contribution in [0.25, 0.3) is 11.3 Å². The number of hydrogen-bond acceptors (Lipinski definition) is 5. The molecule has 2 aliphatic rings. The molecule has 0 N–H and O–H groups in total. The summed E-state index contributed by atoms with van der Waals surface area (Å²) in [6.45, 7) is 4.93. The van der Waals surface area contributed by atoms with Gasteiger partial charge in [0, 0.05) is 37.7 Å². The van der Waals surface area contributed by atoms with Gasteiger partial charge in [-0.15, -0.1) is 10.2 Å². The number of aromatic nitrogens is 2. The van der Waals surface area contributed by atoms with Gasteiger partial charge >= 0.3 is 0 Å². The summed E-state index contributed by atoms with van der Waals surface area (Å²) >= 11 is 0. The molecule has 3 aromatic rings. The number of carbonyl (C=O) groups is 2. The fourth-order valence-electron chi connectivity index (χ4n) is 5.11. The first-order valence-electron chi connectivity index (χ1n) is 13.4. The lowest BCUT2D eigenvalue weighted by Gasteiger charge is -2.36. The largest absolute Gasteiger partial charge is 0.353 e. The maximum atomic E-state index is 13.5. The highest BCUT2D eigenvalue weighted by Crippen LogP contribution is 2.32. The van der Waals surface area contributed by atoms with Gasteiger partial charge in [-0.3, -0.25) is 9.59 Å². The van der Waals surface area contributed by atoms with E-state index in [1.54, 1.807) is 4.90 Å². The molecular weight excluding hydrogens is 462 g/mol. The molecule has 7 heteroatoms. The highest BCUT2D eigenvalue weighted by Gasteiger charge is 2.34. The number of hydrogen-bond donors (Lipinski definition) is 0. The van der Waals surface area contributed by atoms with Gasteiger partial charge in [-0.2, -0.15) is 0 Å². The van der Waals surface area contributed by atoms with Crippen molar-refractivity contribution in [3.63, 3.8) is 0 Å². The molecule has 1 aliphatic heterocycles. The van der Waals surface area contributed by atoms with Crippen molar-refractivity contribution < 1.29 is 9.59 Å². The molecule has 1 aromatic heterocycles. The Hall–Kier alpha value is -3.74. The molecule has 0 unspecified atom stereocenters. The highest BCUT2D eigenvalue weighted by molar-refractivity contribution is 5.86. The van der Waals surface area contributed by atoms with E-state index < -0.39 is 0 Å². The number of nitrogens with zero attached hydrogens (tertiary/aromatic N) is 5. The van der Waals surface area contributed by atoms with Crippen molar-refractivity contribution in [3.05, 3.63) is 78.4 Å². The van der Waals surface area contributed by atoms with Crippen LogP contribution in [0.4, 0.5) is 5.82 Å². The predicted molar refractivity (Wildman–Crippen MR) is 145 cm³/mol. The summed E-state index contributed by atoms with van der Waals surface area (Å²) in [4.78, 5) is 32.7. The Balaban J connectivity index is 1.23. The number of rotatable bonds is 7. The van der Waals surface area contributed by atoms with Crippen molar-refractivity contribution in [2.24, 2.45) is 5.92 Å². The lowest BCUT2D eigenvalue weighted by molar-refractivity contribution is -0.146. The average molecular weight is 498 g/mol. The molecule has 0 radical (unpaired) electrons. The zero-order valence-electron chi connectivity index (χ0n) is 21.5. The normalized spacial score (nSPS) is 17.0. The molecular formula is C30H35N5O2. The highest BCUT2D eigenvalue weighted by atomic mass is 16.2. The molecule has 2 heterocycles. The summed E-state index contributed by atoms with van der Waals surface area (Å²) in [6, 6.07) is 23.9. The summed E-state index contributed by atoms with van der Waals surface area (Å²) in [5.41, 5.74) is 2.95. The van der Waals surface area contributed by atoms with Gasteiger partial charge in [-0.05, 0) is 43.9 Å². The number of anilines is 1. The van der Waals surface area contributed by atoms with E-state index in [4.69, 9.17) is 0 Å². The third-order valence-electron chi connectivity index (χ3n) is 7.69. The van der Waals surface area contributed by atoms with Crippen LogP contribution in [-0.4, -0.2) is 64.5 Å². The number of amides is 2. The molecule has 1 atom stereocenters. The van der Waals surface area contributed by atoms with Crippen molar-refractivity contribution in [1.29, 1.82) is 0 Å². The fraction of sp³-hybridized carbons (Fsp3) is 0.400. The summed E-state index contributed by atoms with van der Waals surface area (Å²) < 4.78 is 0. The number of carbonyl (C=O) groups excluding carboxylic acids is 2. The zero-order chi connectivity index (χ0) is 25.6. The van der Waals surface area contributed by atoms with Gasteiger partial charge < -0.3 is 14.7 Å². The van der Waals surface area contributed by atoms with Crippen molar-refractivity contribution in [2.75, 3.05) is 37.6 Å². The van der Waals surface area contributed by atoms with Crippen molar-refractivity contribution in [2.45, 2.75) is 38.6 Å². The predicted octanol–water partition coefficient (Wildman–Crippen LogP) is 4.57.